The molecule has 0 radical (unpaired) electrons. The largest absolute Gasteiger partial charge is 0.489 e. The highest BCUT2D eigenvalue weighted by molar-refractivity contribution is 5.95. The lowest BCUT2D eigenvalue weighted by molar-refractivity contribution is 0.354. The molecule has 3 N–H and O–H groups in total. The molecule has 1 aromatic carbocycles. The summed E-state index contributed by atoms with van der Waals surface area (Å²) in [5.74, 6) is 1.07. The average Bonchev–Trinajstić information content (AvgIpc) is 2.38. The van der Waals surface area contributed by atoms with Crippen LogP contribution in [0.3, 0.4) is 0 Å². The standard InChI is InChI=1S/C16H24N2O/c1-4-7-12-10-14(16(17)18)11-13(8-5-2)15(12)19-9-6-3/h6,10-11H,3-5,7-9H2,1-2H3,(H3,17,18). The van der Waals surface area contributed by atoms with Gasteiger partial charge in [-0.1, -0.05) is 39.3 Å². The Balaban J connectivity index is 3.27. The molecule has 104 valence electrons. The fourth-order valence-corrected chi connectivity index (χ4v) is 2.15. The maximum absolute atomic E-state index is 7.62. The molecular formula is C16H24N2O. The Hall–Kier alpha value is -1.77. The van der Waals surface area contributed by atoms with Crippen LogP contribution in [0.4, 0.5) is 0 Å². The van der Waals surface area contributed by atoms with Crippen LogP contribution in [0.25, 0.3) is 0 Å². The second kappa shape index (κ2) is 7.62. The summed E-state index contributed by atoms with van der Waals surface area (Å²) in [6.07, 6.45) is 5.70. The lowest BCUT2D eigenvalue weighted by atomic mass is 9.97. The van der Waals surface area contributed by atoms with Crippen LogP contribution in [-0.2, 0) is 12.8 Å². The molecule has 3 nitrogen and oxygen atoms in total. The van der Waals surface area contributed by atoms with Crippen LogP contribution in [0.2, 0.25) is 0 Å². The third-order valence-electron chi connectivity index (χ3n) is 2.94. The van der Waals surface area contributed by atoms with E-state index in [9.17, 15) is 0 Å². The lowest BCUT2D eigenvalue weighted by Crippen LogP contribution is -2.13. The number of aryl methyl sites for hydroxylation is 2. The van der Waals surface area contributed by atoms with Crippen LogP contribution in [0.1, 0.15) is 43.4 Å². The van der Waals surface area contributed by atoms with E-state index in [1.807, 2.05) is 12.1 Å². The summed E-state index contributed by atoms with van der Waals surface area (Å²) >= 11 is 0. The normalized spacial score (nSPS) is 10.2. The van der Waals surface area contributed by atoms with Crippen molar-refractivity contribution in [3.8, 4) is 5.75 Å². The van der Waals surface area contributed by atoms with Gasteiger partial charge in [0.2, 0.25) is 0 Å². The third-order valence-corrected chi connectivity index (χ3v) is 2.94. The summed E-state index contributed by atoms with van der Waals surface area (Å²) in [4.78, 5) is 0. The molecule has 0 saturated heterocycles. The van der Waals surface area contributed by atoms with Crippen LogP contribution in [-0.4, -0.2) is 12.4 Å². The summed E-state index contributed by atoms with van der Waals surface area (Å²) in [5.41, 5.74) is 8.69. The van der Waals surface area contributed by atoms with E-state index in [0.717, 1.165) is 48.1 Å². The minimum Gasteiger partial charge on any atom is -0.489 e. The molecule has 0 aliphatic rings. The van der Waals surface area contributed by atoms with E-state index in [1.54, 1.807) is 6.08 Å². The molecule has 0 saturated carbocycles. The molecule has 0 aliphatic heterocycles. The second-order valence-electron chi connectivity index (χ2n) is 4.64. The van der Waals surface area contributed by atoms with Crippen LogP contribution >= 0.6 is 0 Å². The Morgan fingerprint density at radius 3 is 2.16 bits per heavy atom. The SMILES string of the molecule is C=CCOc1c(CCC)cc(C(=N)N)cc1CCC. The summed E-state index contributed by atoms with van der Waals surface area (Å²) in [7, 11) is 0. The van der Waals surface area contributed by atoms with Crippen LogP contribution < -0.4 is 10.5 Å². The fraction of sp³-hybridized carbons (Fsp3) is 0.438. The van der Waals surface area contributed by atoms with Gasteiger partial charge in [-0.2, -0.15) is 0 Å². The molecule has 0 fully saturated rings. The van der Waals surface area contributed by atoms with Gasteiger partial charge in [-0.3, -0.25) is 5.41 Å². The van der Waals surface area contributed by atoms with Crippen LogP contribution in [0.5, 0.6) is 5.75 Å². The number of nitrogen functional groups attached to an aromatic ring is 1. The minimum atomic E-state index is 0.116. The maximum Gasteiger partial charge on any atom is 0.126 e. The van der Waals surface area contributed by atoms with E-state index >= 15 is 0 Å². The molecule has 0 atom stereocenters. The summed E-state index contributed by atoms with van der Waals surface area (Å²) in [5, 5.41) is 7.62. The Kier molecular flexibility index (Phi) is 6.13. The molecule has 0 amide bonds. The lowest BCUT2D eigenvalue weighted by Gasteiger charge is -2.16. The Bertz CT molecular complexity index is 425. The van der Waals surface area contributed by atoms with Gasteiger partial charge < -0.3 is 10.5 Å². The Labute approximate surface area is 116 Å². The Morgan fingerprint density at radius 2 is 1.79 bits per heavy atom. The summed E-state index contributed by atoms with van der Waals surface area (Å²) in [6.45, 7) is 8.47. The van der Waals surface area contributed by atoms with Crippen molar-refractivity contribution in [1.29, 1.82) is 5.41 Å². The molecule has 3 heteroatoms. The van der Waals surface area contributed by atoms with Crippen molar-refractivity contribution in [1.82, 2.24) is 0 Å². The first-order valence-corrected chi connectivity index (χ1v) is 6.87. The second-order valence-corrected chi connectivity index (χ2v) is 4.64. The number of ether oxygens (including phenoxy) is 1. The van der Waals surface area contributed by atoms with Gasteiger partial charge in [0.05, 0.1) is 0 Å². The number of nitrogens with one attached hydrogen (secondary N) is 1. The van der Waals surface area contributed by atoms with E-state index in [-0.39, 0.29) is 5.84 Å². The van der Waals surface area contributed by atoms with Gasteiger partial charge in [0, 0.05) is 5.56 Å². The van der Waals surface area contributed by atoms with Crippen molar-refractivity contribution >= 4 is 5.84 Å². The monoisotopic (exact) mass is 260 g/mol. The van der Waals surface area contributed by atoms with Crippen LogP contribution in [0, 0.1) is 5.41 Å². The zero-order chi connectivity index (χ0) is 14.3. The van der Waals surface area contributed by atoms with Crippen molar-refractivity contribution in [2.75, 3.05) is 6.61 Å². The molecule has 19 heavy (non-hydrogen) atoms. The number of benzene rings is 1. The topological polar surface area (TPSA) is 59.1 Å². The first-order valence-electron chi connectivity index (χ1n) is 6.87. The number of amidine groups is 1. The molecule has 1 aromatic rings. The summed E-state index contributed by atoms with van der Waals surface area (Å²) < 4.78 is 5.83. The van der Waals surface area contributed by atoms with Crippen molar-refractivity contribution in [3.05, 3.63) is 41.5 Å². The molecule has 0 unspecified atom stereocenters. The zero-order valence-electron chi connectivity index (χ0n) is 12.0. The fourth-order valence-electron chi connectivity index (χ4n) is 2.15. The van der Waals surface area contributed by atoms with Gasteiger partial charge in [0.15, 0.2) is 0 Å². The van der Waals surface area contributed by atoms with Gasteiger partial charge >= 0.3 is 0 Å². The predicted octanol–water partition coefficient (Wildman–Crippen LogP) is 3.44. The first kappa shape index (κ1) is 15.3. The van der Waals surface area contributed by atoms with Crippen molar-refractivity contribution in [2.24, 2.45) is 5.73 Å². The summed E-state index contributed by atoms with van der Waals surface area (Å²) in [6, 6.07) is 3.95. The minimum absolute atomic E-state index is 0.116. The average molecular weight is 260 g/mol. The molecule has 0 heterocycles. The highest BCUT2D eigenvalue weighted by atomic mass is 16.5. The van der Waals surface area contributed by atoms with E-state index in [0.29, 0.717) is 6.61 Å². The smallest absolute Gasteiger partial charge is 0.126 e. The molecular weight excluding hydrogens is 236 g/mol. The molecule has 0 bridgehead atoms. The number of hydrogen-bond acceptors (Lipinski definition) is 2. The number of nitrogens with two attached hydrogens (primary N) is 1. The van der Waals surface area contributed by atoms with Gasteiger partial charge in [0.25, 0.3) is 0 Å². The van der Waals surface area contributed by atoms with Crippen molar-refractivity contribution in [2.45, 2.75) is 39.5 Å². The maximum atomic E-state index is 7.62. The van der Waals surface area contributed by atoms with E-state index in [2.05, 4.69) is 20.4 Å². The highest BCUT2D eigenvalue weighted by Gasteiger charge is 2.12. The molecule has 0 spiro atoms. The van der Waals surface area contributed by atoms with E-state index in [1.165, 1.54) is 0 Å². The van der Waals surface area contributed by atoms with Gasteiger partial charge in [-0.15, -0.1) is 0 Å². The van der Waals surface area contributed by atoms with Gasteiger partial charge in [0.1, 0.15) is 18.2 Å². The third kappa shape index (κ3) is 4.12. The highest BCUT2D eigenvalue weighted by Crippen LogP contribution is 2.28. The van der Waals surface area contributed by atoms with E-state index < -0.39 is 0 Å². The number of rotatable bonds is 8. The molecule has 0 aromatic heterocycles. The molecule has 0 aliphatic carbocycles. The van der Waals surface area contributed by atoms with Crippen LogP contribution in [0.15, 0.2) is 24.8 Å². The zero-order valence-corrected chi connectivity index (χ0v) is 12.0. The quantitative estimate of drug-likeness (QED) is 0.427. The molecule has 1 rings (SSSR count). The van der Waals surface area contributed by atoms with Gasteiger partial charge in [-0.05, 0) is 36.1 Å². The van der Waals surface area contributed by atoms with Crippen molar-refractivity contribution < 1.29 is 4.74 Å². The predicted molar refractivity (Wildman–Crippen MR) is 81.1 cm³/mol. The Morgan fingerprint density at radius 1 is 1.26 bits per heavy atom. The number of hydrogen-bond donors (Lipinski definition) is 2. The van der Waals surface area contributed by atoms with E-state index in [4.69, 9.17) is 15.9 Å². The van der Waals surface area contributed by atoms with Crippen molar-refractivity contribution in [3.63, 3.8) is 0 Å². The first-order chi connectivity index (χ1) is 9.13. The van der Waals surface area contributed by atoms with Gasteiger partial charge in [-0.25, -0.2) is 0 Å².